The smallest absolute Gasteiger partial charge is 0.222 e. The van der Waals surface area contributed by atoms with Gasteiger partial charge in [0.15, 0.2) is 18.9 Å². The van der Waals surface area contributed by atoms with Crippen LogP contribution in [0.1, 0.15) is 155 Å². The molecule has 3 fully saturated rings. The van der Waals surface area contributed by atoms with Gasteiger partial charge >= 0.3 is 0 Å². The summed E-state index contributed by atoms with van der Waals surface area (Å²) < 4.78 is 100. The number of aliphatic hydroxyl groups excluding tert-OH is 12. The second-order valence-electron chi connectivity index (χ2n) is 32.3. The van der Waals surface area contributed by atoms with Gasteiger partial charge in [0.1, 0.15) is 102 Å². The molecule has 1 amide bonds. The van der Waals surface area contributed by atoms with E-state index in [1.807, 2.05) is 13.8 Å². The van der Waals surface area contributed by atoms with E-state index in [0.717, 1.165) is 0 Å². The highest BCUT2D eigenvalue weighted by Crippen LogP contribution is 2.31. The van der Waals surface area contributed by atoms with Gasteiger partial charge in [0.05, 0.1) is 198 Å². The fourth-order valence-corrected chi connectivity index (χ4v) is 13.0. The number of ketones is 5. The maximum atomic E-state index is 13.0. The Morgan fingerprint density at radius 3 is 0.823 bits per heavy atom. The van der Waals surface area contributed by atoms with Gasteiger partial charge in [-0.15, -0.1) is 0 Å². The molecule has 0 spiro atoms. The Bertz CT molecular complexity index is 2710. The van der Waals surface area contributed by atoms with E-state index in [-0.39, 0.29) is 166 Å². The molecule has 0 saturated carbocycles. The summed E-state index contributed by atoms with van der Waals surface area (Å²) in [5, 5.41) is 129. The van der Waals surface area contributed by atoms with Crippen LogP contribution in [0.3, 0.4) is 0 Å². The fourth-order valence-electron chi connectivity index (χ4n) is 13.0. The maximum absolute atomic E-state index is 13.0. The summed E-state index contributed by atoms with van der Waals surface area (Å²) in [5.41, 5.74) is 19.3. The number of nitrogens with two attached hydrogens (primary N) is 3. The maximum Gasteiger partial charge on any atom is 0.222 e. The number of carbonyl (C=O) groups is 6. The lowest BCUT2D eigenvalue weighted by Crippen LogP contribution is -2.59. The van der Waals surface area contributed by atoms with E-state index in [4.69, 9.17) is 102 Å². The fraction of sp³-hybridized carbons (Fsp3) is 0.862. The van der Waals surface area contributed by atoms with Crippen LogP contribution in [-0.4, -0.2) is 413 Å². The third-order valence-electron chi connectivity index (χ3n) is 21.4. The zero-order valence-corrected chi connectivity index (χ0v) is 76.5. The van der Waals surface area contributed by atoms with Gasteiger partial charge in [-0.25, -0.2) is 0 Å². The Hall–Kier alpha value is -5.36. The quantitative estimate of drug-likeness (QED) is 0.0270. The molecule has 0 aromatic rings. The summed E-state index contributed by atoms with van der Waals surface area (Å²) in [7, 11) is 0. The highest BCUT2D eigenvalue weighted by molar-refractivity contribution is 5.80. The molecule has 22 N–H and O–H groups in total. The van der Waals surface area contributed by atoms with E-state index >= 15 is 0 Å². The lowest BCUT2D eigenvalue weighted by atomic mass is 9.79. The Kier molecular flexibility index (Phi) is 69.3. The van der Waals surface area contributed by atoms with E-state index in [1.165, 1.54) is 0 Å². The third kappa shape index (κ3) is 55.6. The minimum Gasteiger partial charge on any atom is -0.401 e. The first-order valence-electron chi connectivity index (χ1n) is 45.9. The van der Waals surface area contributed by atoms with Gasteiger partial charge in [-0.3, -0.25) is 28.8 Å². The molecule has 0 aliphatic carbocycles. The third-order valence-corrected chi connectivity index (χ3v) is 21.4. The van der Waals surface area contributed by atoms with Gasteiger partial charge in [-0.05, 0) is 63.7 Å². The first kappa shape index (κ1) is 119. The van der Waals surface area contributed by atoms with Gasteiger partial charge in [0.2, 0.25) is 5.91 Å². The van der Waals surface area contributed by atoms with Crippen LogP contribution in [0.5, 0.6) is 0 Å². The number of rotatable bonds is 87. The minimum absolute atomic E-state index is 0.0309. The lowest BCUT2D eigenvalue weighted by molar-refractivity contribution is -0.302. The molecule has 0 radical (unpaired) electrons. The van der Waals surface area contributed by atoms with Crippen molar-refractivity contribution in [3.05, 3.63) is 35.7 Å². The SMILES string of the molecule is CC(C)C(COCCC(=O)CCCCCC(=O)CC/C(N)=C/NCCOCCOCCOCCO[C@H]1OC(CO)[C@@H](O)[C@H](O)C1O)(COCCC(=O)CCCCCC(=O)CC/C(N)=C/NCCOCCOCCOCCO[C@H]1OC(CO)[C@@H](O)[C@H](O)C1O)COCCC(=O)NCCCCC(=O)CC/C(N)=C/NCCOCCOCCOCCO[C@H]1OC(CO)[C@@H](O)[C@H](O)C1O. The summed E-state index contributed by atoms with van der Waals surface area (Å²) in [4.78, 5) is 77.1. The molecule has 3 rings (SSSR count). The van der Waals surface area contributed by atoms with Crippen molar-refractivity contribution in [3.63, 3.8) is 0 Å². The van der Waals surface area contributed by atoms with Crippen LogP contribution >= 0.6 is 0 Å². The number of nitrogens with one attached hydrogen (secondary N) is 4. The number of ether oxygens (including phenoxy) is 18. The normalized spacial score (nSPS) is 23.3. The highest BCUT2D eigenvalue weighted by atomic mass is 16.7. The Labute approximate surface area is 764 Å². The average Bonchev–Trinajstić information content (AvgIpc) is 0.816. The predicted octanol–water partition coefficient (Wildman–Crippen LogP) is -3.01. The van der Waals surface area contributed by atoms with Crippen molar-refractivity contribution in [2.75, 3.05) is 224 Å². The first-order chi connectivity index (χ1) is 62.8. The Morgan fingerprint density at radius 2 is 0.546 bits per heavy atom. The van der Waals surface area contributed by atoms with Crippen molar-refractivity contribution in [2.24, 2.45) is 28.5 Å². The van der Waals surface area contributed by atoms with Crippen LogP contribution < -0.4 is 38.5 Å². The van der Waals surface area contributed by atoms with Crippen molar-refractivity contribution in [3.8, 4) is 0 Å². The molecule has 3 heterocycles. The number of hydrogen-bond acceptors (Lipinski definition) is 42. The van der Waals surface area contributed by atoms with Crippen LogP contribution in [0.15, 0.2) is 35.7 Å². The van der Waals surface area contributed by atoms with Crippen molar-refractivity contribution in [1.29, 1.82) is 0 Å². The number of carbonyl (C=O) groups excluding carboxylic acids is 6. The summed E-state index contributed by atoms with van der Waals surface area (Å²) >= 11 is 0. The Balaban J connectivity index is 1.28. The van der Waals surface area contributed by atoms with Crippen molar-refractivity contribution in [1.82, 2.24) is 21.3 Å². The summed E-state index contributed by atoms with van der Waals surface area (Å²) in [5.74, 6) is 0.00795. The molecule has 0 aromatic heterocycles. The number of amides is 1. The molecule has 0 bridgehead atoms. The summed E-state index contributed by atoms with van der Waals surface area (Å²) in [6.07, 6.45) is -5.91. The first-order valence-corrected chi connectivity index (χ1v) is 45.9. The molecule has 758 valence electrons. The van der Waals surface area contributed by atoms with E-state index in [2.05, 4.69) is 21.3 Å². The second-order valence-corrected chi connectivity index (χ2v) is 32.3. The number of unbranched alkanes of at least 4 members (excludes halogenated alkanes) is 5. The molecule has 15 atom stereocenters. The number of aliphatic hydroxyl groups is 12. The van der Waals surface area contributed by atoms with Gasteiger partial charge in [0, 0.05) is 138 Å². The van der Waals surface area contributed by atoms with Gasteiger partial charge in [-0.2, -0.15) is 0 Å². The highest BCUT2D eigenvalue weighted by Gasteiger charge is 2.47. The van der Waals surface area contributed by atoms with Crippen LogP contribution in [0, 0.1) is 11.3 Å². The summed E-state index contributed by atoms with van der Waals surface area (Å²) in [6.45, 7) is 10.7. The monoisotopic (exact) mass is 1880 g/mol. The molecule has 3 saturated heterocycles. The minimum atomic E-state index is -1.52. The van der Waals surface area contributed by atoms with Crippen molar-refractivity contribution in [2.45, 2.75) is 247 Å². The molecular weight excluding hydrogens is 1720 g/mol. The van der Waals surface area contributed by atoms with Crippen LogP contribution in [0.4, 0.5) is 0 Å². The lowest BCUT2D eigenvalue weighted by Gasteiger charge is -2.39. The second kappa shape index (κ2) is 75.8. The largest absolute Gasteiger partial charge is 0.401 e. The van der Waals surface area contributed by atoms with Gasteiger partial charge in [0.25, 0.3) is 0 Å². The predicted molar refractivity (Wildman–Crippen MR) is 467 cm³/mol. The van der Waals surface area contributed by atoms with E-state index in [1.54, 1.807) is 18.6 Å². The number of hydrogen-bond donors (Lipinski definition) is 19. The van der Waals surface area contributed by atoms with Gasteiger partial charge < -0.3 is 185 Å². The standard InChI is InChI=1S/C87H159N7O36/c1-62(2)87(59-122-29-22-69(101)13-7-3-5-11-66(98)19-16-63(88)53-91-26-32-113-35-38-116-41-44-119-47-50-125-84-81(110)78(107)75(104)71(56-95)128-84,60-123-30-23-70(102)14-8-4-6-12-67(99)20-17-64(89)54-92-27-33-114-36-39-117-42-45-120-48-51-126-85-82(111)79(108)76(105)72(57-96)129-85)61-124-31-24-74(103)94-25-10-9-15-68(100)21-18-65(90)55-93-28-34-115-37-40-118-43-46-121-49-52-127-86-83(112)80(109)77(106)73(58-97)130-86/h53-55,62,71-73,75-86,91-93,95-97,104-112H,3-52,56-61,88-90H2,1-2H3,(H,94,103)/b63-53-,64-54-,65-55-/t71?,72?,73?,75-,76-,77-,78+,79+,80+,81?,82?,83?,84+,85+,86+,87?/m1/s1. The van der Waals surface area contributed by atoms with Crippen molar-refractivity contribution >= 4 is 34.8 Å². The zero-order chi connectivity index (χ0) is 95.2. The number of Topliss-reactive ketones (excluding diaryl/α,β-unsaturated/α-hetero) is 5. The molecule has 3 aliphatic heterocycles. The molecule has 43 heteroatoms. The molecule has 43 nitrogen and oxygen atoms in total. The molecule has 0 aromatic carbocycles. The zero-order valence-electron chi connectivity index (χ0n) is 76.5. The molecular formula is C87H159N7O36. The van der Waals surface area contributed by atoms with Crippen molar-refractivity contribution < 1.29 is 175 Å². The molecule has 130 heavy (non-hydrogen) atoms. The van der Waals surface area contributed by atoms with Crippen LogP contribution in [-0.2, 0) is 114 Å². The Morgan fingerprint density at radius 1 is 0.292 bits per heavy atom. The van der Waals surface area contributed by atoms with Crippen LogP contribution in [0.25, 0.3) is 0 Å². The number of allylic oxidation sites excluding steroid dienone is 3. The van der Waals surface area contributed by atoms with Gasteiger partial charge in [-0.1, -0.05) is 26.7 Å². The topological polar surface area (TPSA) is 638 Å². The molecule has 6 unspecified atom stereocenters. The average molecular weight is 1880 g/mol. The van der Waals surface area contributed by atoms with Crippen LogP contribution in [0.2, 0.25) is 0 Å². The summed E-state index contributed by atoms with van der Waals surface area (Å²) in [6, 6.07) is 0. The van der Waals surface area contributed by atoms with E-state index < -0.39 is 117 Å². The van der Waals surface area contributed by atoms with E-state index in [9.17, 15) is 90.0 Å². The molecule has 3 aliphatic rings. The van der Waals surface area contributed by atoms with E-state index in [0.29, 0.717) is 238 Å².